The van der Waals surface area contributed by atoms with Gasteiger partial charge in [-0.25, -0.2) is 8.78 Å². The second kappa shape index (κ2) is 6.37. The molecule has 1 saturated heterocycles. The summed E-state index contributed by atoms with van der Waals surface area (Å²) < 4.78 is 48.3. The van der Waals surface area contributed by atoms with E-state index in [1.807, 2.05) is 0 Å². The van der Waals surface area contributed by atoms with Crippen molar-refractivity contribution in [3.8, 4) is 0 Å². The average molecular weight is 398 g/mol. The van der Waals surface area contributed by atoms with Crippen LogP contribution in [0.2, 0.25) is 0 Å². The van der Waals surface area contributed by atoms with E-state index in [2.05, 4.69) is 6.92 Å². The van der Waals surface area contributed by atoms with Crippen molar-refractivity contribution in [2.45, 2.75) is 83.0 Å². The van der Waals surface area contributed by atoms with Gasteiger partial charge < -0.3 is 14.2 Å². The van der Waals surface area contributed by atoms with Gasteiger partial charge in [0.25, 0.3) is 5.92 Å². The summed E-state index contributed by atoms with van der Waals surface area (Å²) in [5.41, 5.74) is -0.150. The molecule has 4 nitrogen and oxygen atoms in total. The van der Waals surface area contributed by atoms with Gasteiger partial charge in [0.15, 0.2) is 5.79 Å². The molecule has 7 atom stereocenters. The van der Waals surface area contributed by atoms with Crippen LogP contribution in [0.5, 0.6) is 0 Å². The molecule has 4 aliphatic carbocycles. The maximum Gasteiger partial charge on any atom is 0.302 e. The zero-order valence-electron chi connectivity index (χ0n) is 16.9. The van der Waals surface area contributed by atoms with Crippen molar-refractivity contribution in [2.24, 2.45) is 35.0 Å². The maximum atomic E-state index is 15.4. The Bertz CT molecular complexity index is 646. The first-order valence-corrected chi connectivity index (χ1v) is 11.1. The first-order valence-electron chi connectivity index (χ1n) is 11.1. The van der Waals surface area contributed by atoms with Gasteiger partial charge in [-0.3, -0.25) is 4.79 Å². The molecule has 5 fully saturated rings. The van der Waals surface area contributed by atoms with Crippen molar-refractivity contribution in [1.82, 2.24) is 0 Å². The fourth-order valence-corrected chi connectivity index (χ4v) is 7.99. The molecule has 158 valence electrons. The van der Waals surface area contributed by atoms with Gasteiger partial charge in [0.2, 0.25) is 0 Å². The number of carbonyl (C=O) groups is 1. The highest BCUT2D eigenvalue weighted by Gasteiger charge is 2.68. The molecule has 1 aliphatic heterocycles. The third-order valence-corrected chi connectivity index (χ3v) is 9.08. The van der Waals surface area contributed by atoms with Crippen LogP contribution in [0.4, 0.5) is 8.78 Å². The fourth-order valence-electron chi connectivity index (χ4n) is 7.99. The standard InChI is InChI=1S/C22H32F2O4/c1-13(25)28-14-3-4-16-15-5-7-20(2)18(6-8-22(20)26-9-10-27-22)17(15)12-21(23,24)19(16)11-14/h14-19H,3-12H2,1-2H3/t14-,15+,16+,17+,18-,19?,20-/m0/s1. The van der Waals surface area contributed by atoms with Crippen LogP contribution in [0.1, 0.15) is 65.2 Å². The van der Waals surface area contributed by atoms with Gasteiger partial charge in [0.1, 0.15) is 6.10 Å². The van der Waals surface area contributed by atoms with Crippen molar-refractivity contribution in [3.63, 3.8) is 0 Å². The van der Waals surface area contributed by atoms with Gasteiger partial charge in [-0.15, -0.1) is 0 Å². The summed E-state index contributed by atoms with van der Waals surface area (Å²) in [6, 6.07) is 0. The van der Waals surface area contributed by atoms with Crippen molar-refractivity contribution in [1.29, 1.82) is 0 Å². The molecule has 1 unspecified atom stereocenters. The Morgan fingerprint density at radius 1 is 0.964 bits per heavy atom. The van der Waals surface area contributed by atoms with Crippen molar-refractivity contribution >= 4 is 5.97 Å². The largest absolute Gasteiger partial charge is 0.463 e. The molecule has 28 heavy (non-hydrogen) atoms. The number of carbonyl (C=O) groups excluding carboxylic acids is 1. The maximum absolute atomic E-state index is 15.4. The Kier molecular flexibility index (Phi) is 4.38. The molecule has 0 aromatic heterocycles. The third-order valence-electron chi connectivity index (χ3n) is 9.08. The molecule has 1 heterocycles. The van der Waals surface area contributed by atoms with Crippen LogP contribution < -0.4 is 0 Å². The second-order valence-electron chi connectivity index (χ2n) is 10.2. The second-order valence-corrected chi connectivity index (χ2v) is 10.2. The molecular formula is C22H32F2O4. The Labute approximate surface area is 165 Å². The van der Waals surface area contributed by atoms with Crippen molar-refractivity contribution in [3.05, 3.63) is 0 Å². The van der Waals surface area contributed by atoms with E-state index < -0.39 is 17.6 Å². The predicted molar refractivity (Wildman–Crippen MR) is 97.6 cm³/mol. The minimum atomic E-state index is -2.68. The van der Waals surface area contributed by atoms with Gasteiger partial charge in [0, 0.05) is 31.1 Å². The molecule has 0 aromatic carbocycles. The van der Waals surface area contributed by atoms with Crippen LogP contribution in [0, 0.1) is 35.0 Å². The monoisotopic (exact) mass is 398 g/mol. The highest BCUT2D eigenvalue weighted by molar-refractivity contribution is 5.66. The van der Waals surface area contributed by atoms with E-state index in [1.54, 1.807) is 0 Å². The summed E-state index contributed by atoms with van der Waals surface area (Å²) in [4.78, 5) is 11.3. The quantitative estimate of drug-likeness (QED) is 0.608. The molecule has 0 radical (unpaired) electrons. The zero-order chi connectivity index (χ0) is 19.7. The lowest BCUT2D eigenvalue weighted by Crippen LogP contribution is -2.58. The van der Waals surface area contributed by atoms with E-state index in [-0.39, 0.29) is 41.7 Å². The van der Waals surface area contributed by atoms with E-state index in [1.165, 1.54) is 6.92 Å². The molecule has 0 amide bonds. The molecular weight excluding hydrogens is 366 g/mol. The van der Waals surface area contributed by atoms with Gasteiger partial charge in [-0.2, -0.15) is 0 Å². The number of ether oxygens (including phenoxy) is 3. The number of rotatable bonds is 1. The summed E-state index contributed by atoms with van der Waals surface area (Å²) in [5, 5.41) is 0. The van der Waals surface area contributed by atoms with Crippen LogP contribution in [0.3, 0.4) is 0 Å². The van der Waals surface area contributed by atoms with Crippen LogP contribution in [-0.2, 0) is 19.0 Å². The topological polar surface area (TPSA) is 44.8 Å². The summed E-state index contributed by atoms with van der Waals surface area (Å²) >= 11 is 0. The van der Waals surface area contributed by atoms with Gasteiger partial charge in [-0.05, 0) is 62.2 Å². The fraction of sp³-hybridized carbons (Fsp3) is 0.955. The first-order chi connectivity index (χ1) is 13.3. The molecule has 0 bridgehead atoms. The Morgan fingerprint density at radius 3 is 2.43 bits per heavy atom. The van der Waals surface area contributed by atoms with Crippen molar-refractivity contribution in [2.75, 3.05) is 13.2 Å². The minimum absolute atomic E-state index is 0.0258. The summed E-state index contributed by atoms with van der Waals surface area (Å²) in [5.74, 6) is -3.52. The Balaban J connectivity index is 1.40. The molecule has 0 N–H and O–H groups in total. The highest BCUT2D eigenvalue weighted by atomic mass is 19.3. The number of hydrogen-bond acceptors (Lipinski definition) is 4. The minimum Gasteiger partial charge on any atom is -0.463 e. The predicted octanol–water partition coefficient (Wildman–Crippen LogP) is 4.56. The molecule has 0 aromatic rings. The summed E-state index contributed by atoms with van der Waals surface area (Å²) in [6.07, 6.45) is 5.18. The third kappa shape index (κ3) is 2.62. The van der Waals surface area contributed by atoms with Gasteiger partial charge >= 0.3 is 5.97 Å². The number of hydrogen-bond donors (Lipinski definition) is 0. The van der Waals surface area contributed by atoms with Gasteiger partial charge in [-0.1, -0.05) is 6.92 Å². The first kappa shape index (κ1) is 19.2. The van der Waals surface area contributed by atoms with Crippen LogP contribution in [0.15, 0.2) is 0 Å². The molecule has 1 spiro atoms. The Morgan fingerprint density at radius 2 is 1.71 bits per heavy atom. The number of fused-ring (bicyclic) bond motifs is 6. The highest BCUT2D eigenvalue weighted by Crippen LogP contribution is 2.68. The molecule has 5 rings (SSSR count). The molecule has 6 heteroatoms. The average Bonchev–Trinajstić information content (AvgIpc) is 3.21. The van der Waals surface area contributed by atoms with E-state index >= 15 is 8.78 Å². The SMILES string of the molecule is CC(=O)O[C@H]1CC[C@H]2C(C1)C(F)(F)C[C@@H]1[C@@H]2CC[C@@]2(C)[C@H]1CCC21OCCO1. The van der Waals surface area contributed by atoms with Crippen LogP contribution in [0.25, 0.3) is 0 Å². The van der Waals surface area contributed by atoms with Gasteiger partial charge in [0.05, 0.1) is 13.2 Å². The van der Waals surface area contributed by atoms with E-state index in [9.17, 15) is 4.79 Å². The summed E-state index contributed by atoms with van der Waals surface area (Å²) in [6.45, 7) is 4.84. The van der Waals surface area contributed by atoms with E-state index in [0.29, 0.717) is 25.6 Å². The van der Waals surface area contributed by atoms with E-state index in [4.69, 9.17) is 14.2 Å². The Hall–Kier alpha value is -0.750. The molecule has 4 saturated carbocycles. The number of esters is 1. The number of halogens is 2. The van der Waals surface area contributed by atoms with Crippen LogP contribution >= 0.6 is 0 Å². The van der Waals surface area contributed by atoms with Crippen LogP contribution in [-0.4, -0.2) is 37.0 Å². The lowest BCUT2D eigenvalue weighted by atomic mass is 9.49. The number of alkyl halides is 2. The summed E-state index contributed by atoms with van der Waals surface area (Å²) in [7, 11) is 0. The van der Waals surface area contributed by atoms with Crippen molar-refractivity contribution < 1.29 is 27.8 Å². The smallest absolute Gasteiger partial charge is 0.302 e. The lowest BCUT2D eigenvalue weighted by Gasteiger charge is -2.58. The van der Waals surface area contributed by atoms with E-state index in [0.717, 1.165) is 38.5 Å². The zero-order valence-corrected chi connectivity index (χ0v) is 16.9. The lowest BCUT2D eigenvalue weighted by molar-refractivity contribution is -0.257. The molecule has 5 aliphatic rings. The normalized spacial score (nSPS) is 48.6.